The predicted molar refractivity (Wildman–Crippen MR) is 108 cm³/mol. The third-order valence-corrected chi connectivity index (χ3v) is 6.27. The van der Waals surface area contributed by atoms with Crippen LogP contribution < -0.4 is 10.1 Å². The van der Waals surface area contributed by atoms with Gasteiger partial charge in [-0.3, -0.25) is 4.79 Å². The average Bonchev–Trinajstić information content (AvgIpc) is 2.67. The highest BCUT2D eigenvalue weighted by atomic mass is 35.5. The van der Waals surface area contributed by atoms with Crippen molar-refractivity contribution in [2.24, 2.45) is 0 Å². The van der Waals surface area contributed by atoms with E-state index < -0.39 is 0 Å². The molecule has 26 heavy (non-hydrogen) atoms. The molecule has 0 bridgehead atoms. The van der Waals surface area contributed by atoms with Crippen LogP contribution in [-0.2, 0) is 4.79 Å². The molecule has 2 aromatic carbocycles. The third kappa shape index (κ3) is 4.36. The smallest absolute Gasteiger partial charge is 0.230 e. The molecule has 0 spiro atoms. The van der Waals surface area contributed by atoms with Crippen molar-refractivity contribution in [3.05, 3.63) is 59.1 Å². The fourth-order valence-electron chi connectivity index (χ4n) is 3.35. The van der Waals surface area contributed by atoms with Gasteiger partial charge in [0.25, 0.3) is 0 Å². The van der Waals surface area contributed by atoms with Gasteiger partial charge in [-0.15, -0.1) is 11.8 Å². The molecule has 0 radical (unpaired) electrons. The molecule has 1 heterocycles. The molecule has 5 heteroatoms. The van der Waals surface area contributed by atoms with Gasteiger partial charge in [-0.1, -0.05) is 43.6 Å². The van der Waals surface area contributed by atoms with Crippen LogP contribution in [0, 0.1) is 0 Å². The highest BCUT2D eigenvalue weighted by Crippen LogP contribution is 2.42. The maximum Gasteiger partial charge on any atom is 0.230 e. The quantitative estimate of drug-likeness (QED) is 0.650. The Morgan fingerprint density at radius 2 is 1.88 bits per heavy atom. The van der Waals surface area contributed by atoms with Crippen LogP contribution in [0.3, 0.4) is 0 Å². The number of fused-ring (bicyclic) bond motifs is 1. The summed E-state index contributed by atoms with van der Waals surface area (Å²) in [6.45, 7) is 4.29. The third-order valence-electron chi connectivity index (χ3n) is 5.00. The van der Waals surface area contributed by atoms with Gasteiger partial charge < -0.3 is 10.1 Å². The predicted octanol–water partition coefficient (Wildman–Crippen LogP) is 5.63. The number of thioether (sulfide) groups is 1. The molecule has 1 amide bonds. The van der Waals surface area contributed by atoms with Gasteiger partial charge in [-0.2, -0.15) is 0 Å². The lowest BCUT2D eigenvalue weighted by Crippen LogP contribution is -2.44. The number of carbonyl (C=O) groups is 1. The summed E-state index contributed by atoms with van der Waals surface area (Å²) in [7, 11) is 0. The van der Waals surface area contributed by atoms with E-state index in [2.05, 4.69) is 19.2 Å². The summed E-state index contributed by atoms with van der Waals surface area (Å²) in [5, 5.41) is 3.92. The number of halogens is 1. The lowest BCUT2D eigenvalue weighted by atomic mass is 9.83. The minimum Gasteiger partial charge on any atom is -0.487 e. The number of rotatable bonds is 6. The second-order valence-electron chi connectivity index (χ2n) is 6.60. The Labute approximate surface area is 164 Å². The number of hydrogen-bond donors (Lipinski definition) is 1. The van der Waals surface area contributed by atoms with E-state index in [9.17, 15) is 4.79 Å². The Bertz CT molecular complexity index is 759. The highest BCUT2D eigenvalue weighted by molar-refractivity contribution is 8.00. The van der Waals surface area contributed by atoms with E-state index in [1.807, 2.05) is 48.5 Å². The first-order chi connectivity index (χ1) is 12.5. The maximum absolute atomic E-state index is 12.6. The summed E-state index contributed by atoms with van der Waals surface area (Å²) in [4.78, 5) is 13.6. The largest absolute Gasteiger partial charge is 0.487 e. The molecular weight excluding hydrogens is 366 g/mol. The van der Waals surface area contributed by atoms with Crippen molar-refractivity contribution in [2.75, 3.05) is 5.75 Å². The molecule has 0 fully saturated rings. The van der Waals surface area contributed by atoms with E-state index >= 15 is 0 Å². The molecule has 3 nitrogen and oxygen atoms in total. The van der Waals surface area contributed by atoms with E-state index in [1.165, 1.54) is 11.8 Å². The van der Waals surface area contributed by atoms with Gasteiger partial charge in [0.1, 0.15) is 11.4 Å². The normalized spacial score (nSPS) is 17.9. The second kappa shape index (κ2) is 8.36. The number of hydrogen-bond acceptors (Lipinski definition) is 3. The number of benzene rings is 2. The Kier molecular flexibility index (Phi) is 6.15. The molecule has 1 atom stereocenters. The van der Waals surface area contributed by atoms with Crippen molar-refractivity contribution in [1.29, 1.82) is 0 Å². The van der Waals surface area contributed by atoms with Gasteiger partial charge >= 0.3 is 0 Å². The van der Waals surface area contributed by atoms with E-state index in [4.69, 9.17) is 16.3 Å². The van der Waals surface area contributed by atoms with Gasteiger partial charge in [-0.05, 0) is 43.2 Å². The standard InChI is InChI=1S/C21H24ClNO2S/c1-3-21(4-2)13-18(17-7-5-6-8-19(17)25-21)23-20(24)14-26-16-11-9-15(22)10-12-16/h5-12,18H,3-4,13-14H2,1-2H3,(H,23,24)/t18-/m0/s1. The molecule has 3 rings (SSSR count). The first-order valence-corrected chi connectivity index (χ1v) is 10.4. The molecule has 0 saturated carbocycles. The molecule has 0 saturated heterocycles. The second-order valence-corrected chi connectivity index (χ2v) is 8.08. The van der Waals surface area contributed by atoms with Crippen molar-refractivity contribution >= 4 is 29.3 Å². The first kappa shape index (κ1) is 19.1. The van der Waals surface area contributed by atoms with Crippen LogP contribution in [0.2, 0.25) is 5.02 Å². The van der Waals surface area contributed by atoms with Crippen LogP contribution in [0.25, 0.3) is 0 Å². The van der Waals surface area contributed by atoms with Crippen molar-refractivity contribution in [1.82, 2.24) is 5.32 Å². The summed E-state index contributed by atoms with van der Waals surface area (Å²) < 4.78 is 6.30. The van der Waals surface area contributed by atoms with Crippen LogP contribution in [-0.4, -0.2) is 17.3 Å². The number of nitrogens with one attached hydrogen (secondary N) is 1. The van der Waals surface area contributed by atoms with Crippen LogP contribution >= 0.6 is 23.4 Å². The molecule has 0 aromatic heterocycles. The zero-order chi connectivity index (χ0) is 18.6. The summed E-state index contributed by atoms with van der Waals surface area (Å²) in [6, 6.07) is 15.5. The maximum atomic E-state index is 12.6. The van der Waals surface area contributed by atoms with Crippen molar-refractivity contribution < 1.29 is 9.53 Å². The first-order valence-electron chi connectivity index (χ1n) is 9.01. The number of carbonyl (C=O) groups excluding carboxylic acids is 1. The summed E-state index contributed by atoms with van der Waals surface area (Å²) in [5.74, 6) is 1.30. The average molecular weight is 390 g/mol. The molecule has 0 aliphatic carbocycles. The molecule has 2 aromatic rings. The summed E-state index contributed by atoms with van der Waals surface area (Å²) >= 11 is 7.42. The molecule has 1 aliphatic rings. The Morgan fingerprint density at radius 1 is 1.19 bits per heavy atom. The molecule has 0 unspecified atom stereocenters. The number of ether oxygens (including phenoxy) is 1. The van der Waals surface area contributed by atoms with Crippen LogP contribution in [0.5, 0.6) is 5.75 Å². The highest BCUT2D eigenvalue weighted by Gasteiger charge is 2.38. The van der Waals surface area contributed by atoms with Crippen molar-refractivity contribution in [3.8, 4) is 5.75 Å². The van der Waals surface area contributed by atoms with Crippen LogP contribution in [0.1, 0.15) is 44.7 Å². The lowest BCUT2D eigenvalue weighted by Gasteiger charge is -2.41. The Balaban J connectivity index is 1.69. The number of para-hydroxylation sites is 1. The van der Waals surface area contributed by atoms with Gasteiger partial charge in [0.2, 0.25) is 5.91 Å². The van der Waals surface area contributed by atoms with E-state index in [0.717, 1.165) is 35.5 Å². The van der Waals surface area contributed by atoms with E-state index in [0.29, 0.717) is 10.8 Å². The van der Waals surface area contributed by atoms with E-state index in [1.54, 1.807) is 0 Å². The van der Waals surface area contributed by atoms with Crippen LogP contribution in [0.4, 0.5) is 0 Å². The monoisotopic (exact) mass is 389 g/mol. The molecular formula is C21H24ClNO2S. The molecule has 1 aliphatic heterocycles. The zero-order valence-corrected chi connectivity index (χ0v) is 16.7. The molecule has 1 N–H and O–H groups in total. The van der Waals surface area contributed by atoms with E-state index in [-0.39, 0.29) is 17.6 Å². The fraction of sp³-hybridized carbons (Fsp3) is 0.381. The van der Waals surface area contributed by atoms with Crippen molar-refractivity contribution in [2.45, 2.75) is 49.6 Å². The Hall–Kier alpha value is -1.65. The van der Waals surface area contributed by atoms with Gasteiger partial charge in [0.15, 0.2) is 0 Å². The van der Waals surface area contributed by atoms with Gasteiger partial charge in [0, 0.05) is 21.9 Å². The van der Waals surface area contributed by atoms with Crippen molar-refractivity contribution in [3.63, 3.8) is 0 Å². The van der Waals surface area contributed by atoms with Crippen LogP contribution in [0.15, 0.2) is 53.4 Å². The Morgan fingerprint density at radius 3 is 2.58 bits per heavy atom. The minimum atomic E-state index is -0.213. The SMILES string of the molecule is CCC1(CC)C[C@H](NC(=O)CSc2ccc(Cl)cc2)c2ccccc2O1. The number of amides is 1. The topological polar surface area (TPSA) is 38.3 Å². The zero-order valence-electron chi connectivity index (χ0n) is 15.1. The lowest BCUT2D eigenvalue weighted by molar-refractivity contribution is -0.120. The van der Waals surface area contributed by atoms with Gasteiger partial charge in [-0.25, -0.2) is 0 Å². The molecule has 138 valence electrons. The summed E-state index contributed by atoms with van der Waals surface area (Å²) in [6.07, 6.45) is 2.64. The fourth-order valence-corrected chi connectivity index (χ4v) is 4.18. The summed E-state index contributed by atoms with van der Waals surface area (Å²) in [5.41, 5.74) is 0.852. The van der Waals surface area contributed by atoms with Gasteiger partial charge in [0.05, 0.1) is 11.8 Å². The minimum absolute atomic E-state index is 0.0156.